The van der Waals surface area contributed by atoms with Crippen LogP contribution in [-0.4, -0.2) is 50.9 Å². The van der Waals surface area contributed by atoms with Gasteiger partial charge in [0.2, 0.25) is 10.0 Å². The number of piperidine rings is 1. The van der Waals surface area contributed by atoms with E-state index in [1.807, 2.05) is 38.1 Å². The summed E-state index contributed by atoms with van der Waals surface area (Å²) in [6, 6.07) is 17.3. The average Bonchev–Trinajstić information content (AvgIpc) is 2.87. The van der Waals surface area contributed by atoms with E-state index in [9.17, 15) is 18.0 Å². The van der Waals surface area contributed by atoms with Crippen molar-refractivity contribution in [2.45, 2.75) is 44.0 Å². The second kappa shape index (κ2) is 11.1. The van der Waals surface area contributed by atoms with Crippen LogP contribution in [0.15, 0.2) is 65.6 Å². The number of likely N-dealkylation sites (tertiary alicyclic amines) is 1. The van der Waals surface area contributed by atoms with Gasteiger partial charge in [-0.15, -0.1) is 0 Å². The minimum atomic E-state index is -3.82. The van der Waals surface area contributed by atoms with Gasteiger partial charge in [-0.05, 0) is 49.9 Å². The molecule has 0 spiro atoms. The van der Waals surface area contributed by atoms with Crippen molar-refractivity contribution in [2.24, 2.45) is 0 Å². The lowest BCUT2D eigenvalue weighted by Crippen LogP contribution is -2.49. The summed E-state index contributed by atoms with van der Waals surface area (Å²) in [4.78, 5) is 26.9. The number of hydrogen-bond donors (Lipinski definition) is 3. The number of carbonyl (C=O) groups excluding carboxylic acids is 2. The van der Waals surface area contributed by atoms with Gasteiger partial charge in [-0.2, -0.15) is 0 Å². The van der Waals surface area contributed by atoms with Crippen LogP contribution in [0.3, 0.4) is 0 Å². The fourth-order valence-corrected chi connectivity index (χ4v) is 5.98. The summed E-state index contributed by atoms with van der Waals surface area (Å²) < 4.78 is 29.6. The molecule has 0 aromatic heterocycles. The van der Waals surface area contributed by atoms with Crippen LogP contribution >= 0.6 is 0 Å². The first-order valence-corrected chi connectivity index (χ1v) is 13.7. The molecule has 0 atom stereocenters. The third kappa shape index (κ3) is 5.68. The van der Waals surface area contributed by atoms with Crippen molar-refractivity contribution in [3.63, 3.8) is 0 Å². The van der Waals surface area contributed by atoms with Crippen molar-refractivity contribution in [2.75, 3.05) is 25.0 Å². The molecular weight excluding hydrogens is 476 g/mol. The molecule has 190 valence electrons. The van der Waals surface area contributed by atoms with Crippen molar-refractivity contribution >= 4 is 38.4 Å². The lowest BCUT2D eigenvalue weighted by atomic mass is 10.1. The van der Waals surface area contributed by atoms with Gasteiger partial charge in [0.25, 0.3) is 5.91 Å². The van der Waals surface area contributed by atoms with Crippen LogP contribution < -0.4 is 15.4 Å². The van der Waals surface area contributed by atoms with Gasteiger partial charge in [-0.1, -0.05) is 49.4 Å². The Morgan fingerprint density at radius 3 is 2.31 bits per heavy atom. The topological polar surface area (TPSA) is 108 Å². The number of benzene rings is 3. The van der Waals surface area contributed by atoms with Gasteiger partial charge in [0.05, 0.1) is 4.90 Å². The van der Waals surface area contributed by atoms with Gasteiger partial charge in [-0.3, -0.25) is 4.79 Å². The molecule has 3 N–H and O–H groups in total. The largest absolute Gasteiger partial charge is 0.338 e. The molecule has 0 aliphatic carbocycles. The number of nitrogens with zero attached hydrogens (tertiary/aromatic N) is 1. The Morgan fingerprint density at radius 1 is 0.944 bits per heavy atom. The van der Waals surface area contributed by atoms with Gasteiger partial charge < -0.3 is 15.5 Å². The summed E-state index contributed by atoms with van der Waals surface area (Å²) in [5.41, 5.74) is 1.97. The predicted octanol–water partition coefficient (Wildman–Crippen LogP) is 4.26. The Morgan fingerprint density at radius 2 is 1.61 bits per heavy atom. The standard InChI is InChI=1S/C27H32N4O4S/c1-3-16-28-27(33)31-17-14-20(15-18-31)30-36(34,35)25-13-12-24(22-10-6-7-11-23(22)25)29-26(32)21-9-5-4-8-19(21)2/h4-13,20,30H,3,14-18H2,1-2H3,(H,28,33)(H,29,32). The molecule has 1 aliphatic rings. The molecule has 0 saturated carbocycles. The highest BCUT2D eigenvalue weighted by molar-refractivity contribution is 7.89. The molecule has 4 rings (SSSR count). The van der Waals surface area contributed by atoms with E-state index in [-0.39, 0.29) is 22.9 Å². The zero-order valence-electron chi connectivity index (χ0n) is 20.6. The molecule has 1 fully saturated rings. The number of aryl methyl sites for hydroxylation is 1. The molecule has 0 radical (unpaired) electrons. The summed E-state index contributed by atoms with van der Waals surface area (Å²) in [6.07, 6.45) is 1.95. The number of anilines is 1. The second-order valence-corrected chi connectivity index (χ2v) is 10.7. The van der Waals surface area contributed by atoms with E-state index in [2.05, 4.69) is 15.4 Å². The first kappa shape index (κ1) is 25.7. The quantitative estimate of drug-likeness (QED) is 0.443. The highest BCUT2D eigenvalue weighted by atomic mass is 32.2. The molecule has 1 saturated heterocycles. The number of nitrogens with one attached hydrogen (secondary N) is 3. The van der Waals surface area contributed by atoms with E-state index in [4.69, 9.17) is 0 Å². The zero-order chi connectivity index (χ0) is 25.7. The molecule has 0 unspecified atom stereocenters. The number of urea groups is 1. The molecule has 1 aliphatic heterocycles. The fraction of sp³-hybridized carbons (Fsp3) is 0.333. The van der Waals surface area contributed by atoms with Crippen molar-refractivity contribution in [1.82, 2.24) is 14.9 Å². The van der Waals surface area contributed by atoms with Gasteiger partial charge in [-0.25, -0.2) is 17.9 Å². The smallest absolute Gasteiger partial charge is 0.317 e. The van der Waals surface area contributed by atoms with E-state index < -0.39 is 10.0 Å². The summed E-state index contributed by atoms with van der Waals surface area (Å²) in [7, 11) is -3.82. The first-order valence-electron chi connectivity index (χ1n) is 12.2. The monoisotopic (exact) mass is 508 g/mol. The molecule has 3 aromatic carbocycles. The first-order chi connectivity index (χ1) is 17.3. The minimum absolute atomic E-state index is 0.104. The van der Waals surface area contributed by atoms with E-state index in [0.717, 1.165) is 12.0 Å². The minimum Gasteiger partial charge on any atom is -0.338 e. The van der Waals surface area contributed by atoms with E-state index in [1.165, 1.54) is 6.07 Å². The third-order valence-electron chi connectivity index (χ3n) is 6.44. The average molecular weight is 509 g/mol. The van der Waals surface area contributed by atoms with Crippen LogP contribution in [0.2, 0.25) is 0 Å². The van der Waals surface area contributed by atoms with Crippen molar-refractivity contribution in [3.05, 3.63) is 71.8 Å². The summed E-state index contributed by atoms with van der Waals surface area (Å²) >= 11 is 0. The molecule has 0 bridgehead atoms. The molecule has 36 heavy (non-hydrogen) atoms. The van der Waals surface area contributed by atoms with Crippen LogP contribution in [0.4, 0.5) is 10.5 Å². The Bertz CT molecular complexity index is 1370. The summed E-state index contributed by atoms with van der Waals surface area (Å²) in [6.45, 7) is 5.48. The number of sulfonamides is 1. The lowest BCUT2D eigenvalue weighted by molar-refractivity contribution is 0.102. The highest BCUT2D eigenvalue weighted by Crippen LogP contribution is 2.30. The number of fused-ring (bicyclic) bond motifs is 1. The van der Waals surface area contributed by atoms with Crippen LogP contribution in [0.5, 0.6) is 0 Å². The van der Waals surface area contributed by atoms with Gasteiger partial charge in [0.15, 0.2) is 0 Å². The molecule has 3 amide bonds. The van der Waals surface area contributed by atoms with Gasteiger partial charge >= 0.3 is 6.03 Å². The summed E-state index contributed by atoms with van der Waals surface area (Å²) in [5.74, 6) is -0.248. The van der Waals surface area contributed by atoms with Crippen LogP contribution in [0.25, 0.3) is 10.8 Å². The third-order valence-corrected chi connectivity index (χ3v) is 8.02. The van der Waals surface area contributed by atoms with Crippen molar-refractivity contribution in [3.8, 4) is 0 Å². The Balaban J connectivity index is 1.51. The van der Waals surface area contributed by atoms with Crippen LogP contribution in [-0.2, 0) is 10.0 Å². The highest BCUT2D eigenvalue weighted by Gasteiger charge is 2.28. The Hall–Kier alpha value is -3.43. The van der Waals surface area contributed by atoms with Crippen LogP contribution in [0, 0.1) is 6.92 Å². The van der Waals surface area contributed by atoms with Crippen molar-refractivity contribution in [1.29, 1.82) is 0 Å². The Labute approximate surface area is 212 Å². The van der Waals surface area contributed by atoms with Gasteiger partial charge in [0.1, 0.15) is 0 Å². The number of carbonyl (C=O) groups is 2. The fourth-order valence-electron chi connectivity index (χ4n) is 4.46. The maximum absolute atomic E-state index is 13.4. The molecule has 1 heterocycles. The maximum atomic E-state index is 13.4. The zero-order valence-corrected chi connectivity index (χ0v) is 21.4. The SMILES string of the molecule is CCCNC(=O)N1CCC(NS(=O)(=O)c2ccc(NC(=O)c3ccccc3C)c3ccccc23)CC1. The molecule has 9 heteroatoms. The molecule has 8 nitrogen and oxygen atoms in total. The number of rotatable bonds is 7. The molecular formula is C27H32N4O4S. The lowest BCUT2D eigenvalue weighted by Gasteiger charge is -2.32. The van der Waals surface area contributed by atoms with E-state index in [1.54, 1.807) is 35.2 Å². The van der Waals surface area contributed by atoms with Crippen LogP contribution in [0.1, 0.15) is 42.1 Å². The van der Waals surface area contributed by atoms with Gasteiger partial charge in [0, 0.05) is 47.7 Å². The number of hydrogen-bond acceptors (Lipinski definition) is 4. The molecule has 3 aromatic rings. The van der Waals surface area contributed by atoms with E-state index in [0.29, 0.717) is 54.5 Å². The maximum Gasteiger partial charge on any atom is 0.317 e. The normalized spacial score (nSPS) is 14.6. The van der Waals surface area contributed by atoms with Crippen molar-refractivity contribution < 1.29 is 18.0 Å². The van der Waals surface area contributed by atoms with E-state index >= 15 is 0 Å². The predicted molar refractivity (Wildman–Crippen MR) is 142 cm³/mol. The summed E-state index contributed by atoms with van der Waals surface area (Å²) in [5, 5.41) is 6.97. The Kier molecular flexibility index (Phi) is 7.91. The number of amides is 3. The second-order valence-electron chi connectivity index (χ2n) is 9.04.